The second-order valence-electron chi connectivity index (χ2n) is 7.54. The lowest BCUT2D eigenvalue weighted by Gasteiger charge is -2.44. The molecule has 2 rings (SSSR count). The number of hydrogen-bond acceptors (Lipinski definition) is 14. The lowest BCUT2D eigenvalue weighted by molar-refractivity contribution is -0.327. The van der Waals surface area contributed by atoms with Gasteiger partial charge in [-0.05, 0) is 0 Å². The maximum Gasteiger partial charge on any atom is 0.303 e. The zero-order chi connectivity index (χ0) is 25.6. The standard InChI is InChI=1S/C20H28O14/c1-8(21)29-13-7-28-20(18(33-12(5)25)16(13)31-10(3)23)34-14-6-27-19(26)17(32-11(4)24)15(14)30-9(2)22/h13-20,26H,6-7H2,1-5H3/t13-,14-,15+,16+,17-,18-,19+,20+/m1/s1. The van der Waals surface area contributed by atoms with Crippen LogP contribution in [0, 0.1) is 0 Å². The Morgan fingerprint density at radius 2 is 1.00 bits per heavy atom. The summed E-state index contributed by atoms with van der Waals surface area (Å²) >= 11 is 0. The first-order valence-corrected chi connectivity index (χ1v) is 10.3. The summed E-state index contributed by atoms with van der Waals surface area (Å²) in [5, 5.41) is 10.1. The maximum absolute atomic E-state index is 11.8. The van der Waals surface area contributed by atoms with Crippen LogP contribution in [0.15, 0.2) is 0 Å². The molecule has 0 aliphatic carbocycles. The molecule has 0 amide bonds. The Bertz CT molecular complexity index is 781. The fraction of sp³-hybridized carbons (Fsp3) is 0.750. The number of aliphatic hydroxyl groups excluding tert-OH is 1. The number of esters is 5. The van der Waals surface area contributed by atoms with Crippen LogP contribution in [0.4, 0.5) is 0 Å². The third-order valence-electron chi connectivity index (χ3n) is 4.62. The Labute approximate surface area is 194 Å². The zero-order valence-corrected chi connectivity index (χ0v) is 19.3. The molecular formula is C20H28O14. The summed E-state index contributed by atoms with van der Waals surface area (Å²) in [5.74, 6) is -3.78. The van der Waals surface area contributed by atoms with Crippen molar-refractivity contribution in [2.75, 3.05) is 13.2 Å². The summed E-state index contributed by atoms with van der Waals surface area (Å²) in [6.07, 6.45) is -10.8. The molecule has 0 aromatic rings. The van der Waals surface area contributed by atoms with Crippen molar-refractivity contribution in [2.24, 2.45) is 0 Å². The van der Waals surface area contributed by atoms with E-state index in [2.05, 4.69) is 0 Å². The molecule has 192 valence electrons. The third kappa shape index (κ3) is 7.62. The Morgan fingerprint density at radius 3 is 1.50 bits per heavy atom. The zero-order valence-electron chi connectivity index (χ0n) is 19.3. The number of hydrogen-bond donors (Lipinski definition) is 1. The molecule has 0 unspecified atom stereocenters. The topological polar surface area (TPSA) is 179 Å². The molecule has 1 N–H and O–H groups in total. The Morgan fingerprint density at radius 1 is 0.588 bits per heavy atom. The van der Waals surface area contributed by atoms with Crippen LogP contribution in [-0.2, 0) is 61.9 Å². The lowest BCUT2D eigenvalue weighted by Crippen LogP contribution is -2.62. The monoisotopic (exact) mass is 492 g/mol. The molecule has 8 atom stereocenters. The SMILES string of the molecule is CC(=O)O[C@@H]1[C@@H](OC(C)=O)[C@H](O[C@@H]2OC[C@@H](OC(C)=O)[C@H](OC(C)=O)[C@H]2OC(C)=O)CO[C@@H]1O. The summed E-state index contributed by atoms with van der Waals surface area (Å²) in [7, 11) is 0. The molecule has 2 fully saturated rings. The molecule has 0 aromatic carbocycles. The average Bonchev–Trinajstić information content (AvgIpc) is 2.69. The van der Waals surface area contributed by atoms with Crippen molar-refractivity contribution in [1.82, 2.24) is 0 Å². The van der Waals surface area contributed by atoms with Gasteiger partial charge in [-0.15, -0.1) is 0 Å². The van der Waals surface area contributed by atoms with Crippen molar-refractivity contribution in [3.05, 3.63) is 0 Å². The van der Waals surface area contributed by atoms with Crippen LogP contribution in [0.3, 0.4) is 0 Å². The number of rotatable bonds is 7. The molecule has 0 radical (unpaired) electrons. The second kappa shape index (κ2) is 12.1. The Balaban J connectivity index is 2.33. The summed E-state index contributed by atoms with van der Waals surface area (Å²) in [6.45, 7) is 4.88. The normalized spacial score (nSPS) is 33.2. The molecule has 0 bridgehead atoms. The number of carbonyl (C=O) groups excluding carboxylic acids is 5. The van der Waals surface area contributed by atoms with Crippen molar-refractivity contribution in [1.29, 1.82) is 0 Å². The molecule has 14 nitrogen and oxygen atoms in total. The van der Waals surface area contributed by atoms with Crippen molar-refractivity contribution in [3.63, 3.8) is 0 Å². The van der Waals surface area contributed by atoms with Crippen LogP contribution in [0.2, 0.25) is 0 Å². The summed E-state index contributed by atoms with van der Waals surface area (Å²) in [4.78, 5) is 58.1. The van der Waals surface area contributed by atoms with Gasteiger partial charge < -0.3 is 43.0 Å². The van der Waals surface area contributed by atoms with Gasteiger partial charge in [0.2, 0.25) is 0 Å². The van der Waals surface area contributed by atoms with Gasteiger partial charge in [-0.2, -0.15) is 0 Å². The van der Waals surface area contributed by atoms with Gasteiger partial charge in [0.15, 0.2) is 43.1 Å². The van der Waals surface area contributed by atoms with Crippen LogP contribution in [0.5, 0.6) is 0 Å². The van der Waals surface area contributed by atoms with Crippen molar-refractivity contribution >= 4 is 29.8 Å². The van der Waals surface area contributed by atoms with Crippen LogP contribution in [0.1, 0.15) is 34.6 Å². The van der Waals surface area contributed by atoms with Gasteiger partial charge in [-0.25, -0.2) is 0 Å². The number of carbonyl (C=O) groups is 5. The van der Waals surface area contributed by atoms with E-state index in [0.29, 0.717) is 0 Å². The van der Waals surface area contributed by atoms with Crippen LogP contribution >= 0.6 is 0 Å². The minimum absolute atomic E-state index is 0.304. The first-order chi connectivity index (χ1) is 15.9. The molecule has 2 aliphatic heterocycles. The fourth-order valence-corrected chi connectivity index (χ4v) is 3.52. The third-order valence-corrected chi connectivity index (χ3v) is 4.62. The minimum Gasteiger partial charge on any atom is -0.456 e. The van der Waals surface area contributed by atoms with E-state index in [0.717, 1.165) is 34.6 Å². The molecule has 2 heterocycles. The van der Waals surface area contributed by atoms with Gasteiger partial charge in [0.25, 0.3) is 0 Å². The van der Waals surface area contributed by atoms with Crippen molar-refractivity contribution in [2.45, 2.75) is 83.8 Å². The van der Waals surface area contributed by atoms with E-state index >= 15 is 0 Å². The molecule has 2 aliphatic rings. The van der Waals surface area contributed by atoms with E-state index in [9.17, 15) is 29.1 Å². The van der Waals surface area contributed by atoms with Gasteiger partial charge in [0.1, 0.15) is 6.10 Å². The molecule has 2 saturated heterocycles. The van der Waals surface area contributed by atoms with E-state index in [-0.39, 0.29) is 13.2 Å². The van der Waals surface area contributed by atoms with Gasteiger partial charge in [-0.3, -0.25) is 24.0 Å². The van der Waals surface area contributed by atoms with E-state index in [4.69, 9.17) is 37.9 Å². The van der Waals surface area contributed by atoms with Crippen LogP contribution in [-0.4, -0.2) is 97.4 Å². The van der Waals surface area contributed by atoms with Crippen LogP contribution < -0.4 is 0 Å². The fourth-order valence-electron chi connectivity index (χ4n) is 3.52. The first-order valence-electron chi connectivity index (χ1n) is 10.3. The van der Waals surface area contributed by atoms with Crippen LogP contribution in [0.25, 0.3) is 0 Å². The summed E-state index contributed by atoms with van der Waals surface area (Å²) in [6, 6.07) is 0. The van der Waals surface area contributed by atoms with Gasteiger partial charge in [0.05, 0.1) is 13.2 Å². The first kappa shape index (κ1) is 27.4. The van der Waals surface area contributed by atoms with Gasteiger partial charge >= 0.3 is 29.8 Å². The lowest BCUT2D eigenvalue weighted by atomic mass is 10.0. The van der Waals surface area contributed by atoms with E-state index in [1.807, 2.05) is 0 Å². The quantitative estimate of drug-likeness (QED) is 0.328. The molecule has 0 spiro atoms. The van der Waals surface area contributed by atoms with Gasteiger partial charge in [-0.1, -0.05) is 0 Å². The molecule has 0 aromatic heterocycles. The van der Waals surface area contributed by atoms with Crippen molar-refractivity contribution in [3.8, 4) is 0 Å². The Kier molecular flexibility index (Phi) is 9.73. The average molecular weight is 492 g/mol. The highest BCUT2D eigenvalue weighted by molar-refractivity contribution is 5.68. The maximum atomic E-state index is 11.8. The molecule has 0 saturated carbocycles. The van der Waals surface area contributed by atoms with Gasteiger partial charge in [0, 0.05) is 34.6 Å². The summed E-state index contributed by atoms with van der Waals surface area (Å²) in [5.41, 5.74) is 0. The van der Waals surface area contributed by atoms with E-state index < -0.39 is 79.1 Å². The van der Waals surface area contributed by atoms with Crippen molar-refractivity contribution < 1.29 is 67.0 Å². The summed E-state index contributed by atoms with van der Waals surface area (Å²) < 4.78 is 42.5. The molecule has 34 heavy (non-hydrogen) atoms. The van der Waals surface area contributed by atoms with E-state index in [1.54, 1.807) is 0 Å². The van der Waals surface area contributed by atoms with E-state index in [1.165, 1.54) is 0 Å². The predicted molar refractivity (Wildman–Crippen MR) is 104 cm³/mol. The largest absolute Gasteiger partial charge is 0.456 e. The highest BCUT2D eigenvalue weighted by Crippen LogP contribution is 2.30. The smallest absolute Gasteiger partial charge is 0.303 e. The molecular weight excluding hydrogens is 464 g/mol. The highest BCUT2D eigenvalue weighted by Gasteiger charge is 2.51. The second-order valence-corrected chi connectivity index (χ2v) is 7.54. The Hall–Kier alpha value is -2.81. The molecule has 14 heteroatoms. The number of aliphatic hydroxyl groups is 1. The number of ether oxygens (including phenoxy) is 8. The highest BCUT2D eigenvalue weighted by atomic mass is 16.7. The minimum atomic E-state index is -1.62. The predicted octanol–water partition coefficient (Wildman–Crippen LogP) is -1.26.